The number of nitrogens with one attached hydrogen (secondary N) is 1. The Balaban J connectivity index is 1.08. The number of sulfonamides is 1. The number of amides is 1. The number of aromatic nitrogens is 1. The van der Waals surface area contributed by atoms with Crippen molar-refractivity contribution in [1.82, 2.24) is 14.6 Å². The van der Waals surface area contributed by atoms with E-state index in [1.165, 1.54) is 28.7 Å². The zero-order valence-corrected chi connectivity index (χ0v) is 25.5. The highest BCUT2D eigenvalue weighted by molar-refractivity contribution is 7.92. The number of hydrogen-bond acceptors (Lipinski definition) is 12. The number of anilines is 1. The van der Waals surface area contributed by atoms with Crippen molar-refractivity contribution in [2.45, 2.75) is 46.8 Å². The maximum atomic E-state index is 13.4. The summed E-state index contributed by atoms with van der Waals surface area (Å²) in [5.41, 5.74) is 5.23. The van der Waals surface area contributed by atoms with Gasteiger partial charge in [-0.2, -0.15) is 4.31 Å². The Morgan fingerprint density at radius 1 is 1.21 bits per heavy atom. The summed E-state index contributed by atoms with van der Waals surface area (Å²) in [4.78, 5) is 17.3. The number of hydrogen-bond donors (Lipinski definition) is 3. The van der Waals surface area contributed by atoms with Crippen LogP contribution in [-0.2, 0) is 29.4 Å². The predicted molar refractivity (Wildman–Crippen MR) is 155 cm³/mol. The number of aliphatic hydroxyl groups is 1. The number of nitrogens with two attached hydrogens (primary N) is 1. The largest absolute Gasteiger partial charge is 0.491 e. The average Bonchev–Trinajstić information content (AvgIpc) is 3.36. The van der Waals surface area contributed by atoms with Gasteiger partial charge >= 0.3 is 0 Å². The minimum Gasteiger partial charge on any atom is -0.491 e. The quantitative estimate of drug-likeness (QED) is 0.286. The number of likely N-dealkylation sites (N-methyl/N-ethyl adjacent to an activating group) is 1. The van der Waals surface area contributed by atoms with Crippen molar-refractivity contribution in [3.63, 3.8) is 0 Å². The second kappa shape index (κ2) is 12.5. The van der Waals surface area contributed by atoms with Crippen LogP contribution in [0.2, 0.25) is 0 Å². The molecule has 2 aromatic rings. The first-order valence-electron chi connectivity index (χ1n) is 14.0. The van der Waals surface area contributed by atoms with E-state index in [0.717, 1.165) is 0 Å². The maximum absolute atomic E-state index is 13.4. The molecule has 43 heavy (non-hydrogen) atoms. The summed E-state index contributed by atoms with van der Waals surface area (Å²) >= 11 is 0. The van der Waals surface area contributed by atoms with Crippen LogP contribution in [0.5, 0.6) is 11.6 Å². The van der Waals surface area contributed by atoms with Crippen molar-refractivity contribution >= 4 is 31.5 Å². The average molecular weight is 640 g/mol. The van der Waals surface area contributed by atoms with Gasteiger partial charge in [0.25, 0.3) is 0 Å². The Hall–Kier alpha value is -3.02. The lowest BCUT2D eigenvalue weighted by Gasteiger charge is -2.38. The van der Waals surface area contributed by atoms with Gasteiger partial charge in [0, 0.05) is 32.7 Å². The first-order chi connectivity index (χ1) is 20.4. The number of nitrogens with zero attached hydrogens (tertiary/aromatic N) is 3. The van der Waals surface area contributed by atoms with Gasteiger partial charge < -0.3 is 35.3 Å². The van der Waals surface area contributed by atoms with Crippen LogP contribution in [0.4, 0.5) is 5.69 Å². The fraction of sp³-hybridized carbons (Fsp3) is 0.556. The van der Waals surface area contributed by atoms with E-state index in [0.29, 0.717) is 63.7 Å². The van der Waals surface area contributed by atoms with Crippen molar-refractivity contribution < 1.29 is 40.9 Å². The van der Waals surface area contributed by atoms with Crippen molar-refractivity contribution in [1.29, 1.82) is 0 Å². The van der Waals surface area contributed by atoms with Crippen molar-refractivity contribution in [3.05, 3.63) is 36.5 Å². The molecule has 2 atom stereocenters. The fourth-order valence-electron chi connectivity index (χ4n) is 5.54. The first-order valence-corrected chi connectivity index (χ1v) is 17.1. The topological polar surface area (TPSA) is 191 Å². The van der Waals surface area contributed by atoms with Gasteiger partial charge in [-0.15, -0.1) is 0 Å². The molecule has 1 aromatic carbocycles. The van der Waals surface area contributed by atoms with E-state index in [4.69, 9.17) is 19.9 Å². The smallest absolute Gasteiger partial charge is 0.244 e. The molecule has 14 nitrogen and oxygen atoms in total. The summed E-state index contributed by atoms with van der Waals surface area (Å²) < 4.78 is 70.0. The van der Waals surface area contributed by atoms with Crippen LogP contribution >= 0.6 is 0 Å². The number of sulfone groups is 1. The molecule has 4 N–H and O–H groups in total. The highest BCUT2D eigenvalue weighted by Crippen LogP contribution is 2.38. The predicted octanol–water partition coefficient (Wildman–Crippen LogP) is -0.489. The molecule has 5 rings (SSSR count). The summed E-state index contributed by atoms with van der Waals surface area (Å²) in [5, 5.41) is 13.7. The summed E-state index contributed by atoms with van der Waals surface area (Å²) in [6.07, 6.45) is 2.24. The molecule has 0 aliphatic carbocycles. The van der Waals surface area contributed by atoms with Gasteiger partial charge in [-0.1, -0.05) is 6.07 Å². The van der Waals surface area contributed by atoms with Crippen LogP contribution in [0.3, 0.4) is 0 Å². The minimum absolute atomic E-state index is 0.0274. The number of ether oxygens (including phenoxy) is 3. The molecule has 4 heterocycles. The number of fused-ring (bicyclic) bond motifs is 1. The molecule has 0 unspecified atom stereocenters. The zero-order chi connectivity index (χ0) is 30.8. The summed E-state index contributed by atoms with van der Waals surface area (Å²) in [7, 11) is -5.73. The third-order valence-corrected chi connectivity index (χ3v) is 11.4. The number of pyridine rings is 1. The van der Waals surface area contributed by atoms with E-state index in [-0.39, 0.29) is 34.7 Å². The SMILES string of the molecule is CN1CCOc2ncc(S(=O)(=O)N3CCC4(CC3)C[C@@H](NC[C@H](O)COc3cccc(S(=O)(=O)CC(N)=O)c3)CO4)cc21. The Kier molecular flexibility index (Phi) is 9.15. The number of primary amides is 1. The van der Waals surface area contributed by atoms with Crippen molar-refractivity contribution in [3.8, 4) is 11.6 Å². The molecule has 236 valence electrons. The number of benzene rings is 1. The van der Waals surface area contributed by atoms with Crippen molar-refractivity contribution in [2.24, 2.45) is 5.73 Å². The third kappa shape index (κ3) is 7.21. The lowest BCUT2D eigenvalue weighted by Crippen LogP contribution is -2.47. The lowest BCUT2D eigenvalue weighted by molar-refractivity contribution is -0.115. The van der Waals surface area contributed by atoms with Crippen molar-refractivity contribution in [2.75, 3.05) is 63.7 Å². The van der Waals surface area contributed by atoms with Crippen LogP contribution in [-0.4, -0.2) is 114 Å². The Bertz CT molecular complexity index is 1550. The van der Waals surface area contributed by atoms with E-state index >= 15 is 0 Å². The lowest BCUT2D eigenvalue weighted by atomic mass is 9.88. The minimum atomic E-state index is -3.88. The zero-order valence-electron chi connectivity index (χ0n) is 23.8. The molecule has 0 saturated carbocycles. The standard InChI is InChI=1S/C27H37N5O9S2/c1-31-9-10-39-26-24(31)12-23(15-30-26)43(37,38)32-7-5-27(6-8-32)13-19(16-41-27)29-14-20(33)17-40-21-3-2-4-22(11-21)42(35,36)18-25(28)34/h2-4,11-12,15,19-20,29,33H,5-10,13-14,16-18H2,1H3,(H2,28,34)/t19-,20+/m1/s1. The van der Waals surface area contributed by atoms with Gasteiger partial charge in [0.05, 0.1) is 29.8 Å². The first kappa shape index (κ1) is 31.4. The molecule has 0 radical (unpaired) electrons. The molecule has 16 heteroatoms. The fourth-order valence-corrected chi connectivity index (χ4v) is 8.07. The molecule has 1 spiro atoms. The highest BCUT2D eigenvalue weighted by Gasteiger charge is 2.45. The van der Waals surface area contributed by atoms with Gasteiger partial charge in [0.15, 0.2) is 9.84 Å². The van der Waals surface area contributed by atoms with Crippen LogP contribution in [0.15, 0.2) is 46.3 Å². The third-order valence-electron chi connectivity index (χ3n) is 7.95. The van der Waals surface area contributed by atoms with E-state index < -0.39 is 43.2 Å². The Labute approximate surface area is 251 Å². The number of piperidine rings is 1. The van der Waals surface area contributed by atoms with Gasteiger partial charge in [-0.25, -0.2) is 21.8 Å². The van der Waals surface area contributed by atoms with Crippen LogP contribution in [0.1, 0.15) is 19.3 Å². The molecule has 3 aliphatic heterocycles. The van der Waals surface area contributed by atoms with Gasteiger partial charge in [-0.05, 0) is 43.5 Å². The molecule has 2 saturated heterocycles. The monoisotopic (exact) mass is 639 g/mol. The Morgan fingerprint density at radius 2 is 1.98 bits per heavy atom. The summed E-state index contributed by atoms with van der Waals surface area (Å²) in [6, 6.07) is 7.26. The number of rotatable bonds is 11. The number of carbonyl (C=O) groups excluding carboxylic acids is 1. The van der Waals surface area contributed by atoms with E-state index in [1.807, 2.05) is 11.9 Å². The number of carbonyl (C=O) groups is 1. The highest BCUT2D eigenvalue weighted by atomic mass is 32.2. The van der Waals surface area contributed by atoms with E-state index in [9.17, 15) is 26.7 Å². The molecule has 1 amide bonds. The van der Waals surface area contributed by atoms with Crippen LogP contribution < -0.4 is 25.4 Å². The molecule has 3 aliphatic rings. The Morgan fingerprint density at radius 3 is 2.72 bits per heavy atom. The number of aliphatic hydroxyl groups excluding tert-OH is 1. The van der Waals surface area contributed by atoms with Crippen LogP contribution in [0, 0.1) is 0 Å². The van der Waals surface area contributed by atoms with Gasteiger partial charge in [-0.3, -0.25) is 4.79 Å². The summed E-state index contributed by atoms with van der Waals surface area (Å²) in [5.74, 6) is -1.09. The van der Waals surface area contributed by atoms with E-state index in [2.05, 4.69) is 10.3 Å². The maximum Gasteiger partial charge on any atom is 0.244 e. The normalized spacial score (nSPS) is 21.3. The second-order valence-corrected chi connectivity index (χ2v) is 15.1. The molecule has 0 bridgehead atoms. The molecule has 2 fully saturated rings. The van der Waals surface area contributed by atoms with Gasteiger partial charge in [0.1, 0.15) is 41.4 Å². The van der Waals surface area contributed by atoms with Gasteiger partial charge in [0.2, 0.25) is 21.8 Å². The van der Waals surface area contributed by atoms with Crippen LogP contribution in [0.25, 0.3) is 0 Å². The summed E-state index contributed by atoms with van der Waals surface area (Å²) in [6.45, 7) is 2.36. The molecule has 1 aromatic heterocycles. The van der Waals surface area contributed by atoms with E-state index in [1.54, 1.807) is 12.1 Å². The molecular formula is C27H37N5O9S2. The second-order valence-electron chi connectivity index (χ2n) is 11.1. The molecular weight excluding hydrogens is 602 g/mol.